The second-order valence-corrected chi connectivity index (χ2v) is 8.46. The zero-order chi connectivity index (χ0) is 13.3. The lowest BCUT2D eigenvalue weighted by Crippen LogP contribution is -2.43. The van der Waals surface area contributed by atoms with Gasteiger partial charge in [-0.2, -0.15) is 0 Å². The van der Waals surface area contributed by atoms with E-state index in [1.807, 2.05) is 0 Å². The molecular formula is C10H15NO3S3. The third kappa shape index (κ3) is 3.72. The molecule has 1 heterocycles. The number of sulfone groups is 1. The first-order chi connectivity index (χ1) is 7.63. The molecule has 0 saturated heterocycles. The maximum atomic E-state index is 11.7. The Balaban J connectivity index is 2.67. The molecule has 96 valence electrons. The van der Waals surface area contributed by atoms with Gasteiger partial charge in [-0.25, -0.2) is 8.42 Å². The van der Waals surface area contributed by atoms with Crippen LogP contribution in [-0.4, -0.2) is 31.9 Å². The Kier molecular flexibility index (Phi) is 4.27. The quantitative estimate of drug-likeness (QED) is 0.829. The first-order valence-electron chi connectivity index (χ1n) is 4.89. The van der Waals surface area contributed by atoms with Crippen LogP contribution >= 0.6 is 24.0 Å². The molecule has 0 bridgehead atoms. The fourth-order valence-corrected chi connectivity index (χ4v) is 2.36. The maximum absolute atomic E-state index is 11.7. The second kappa shape index (κ2) is 4.99. The smallest absolute Gasteiger partial charge is 0.261 e. The molecule has 1 N–H and O–H groups in total. The van der Waals surface area contributed by atoms with Crippen molar-refractivity contribution in [1.29, 1.82) is 0 Å². The molecule has 0 aromatic carbocycles. The summed E-state index contributed by atoms with van der Waals surface area (Å²) in [4.78, 5) is 13.0. The van der Waals surface area contributed by atoms with Crippen LogP contribution in [0, 0.1) is 0 Å². The molecule has 0 fully saturated rings. The number of carbonyl (C=O) groups is 1. The molecule has 4 nitrogen and oxygen atoms in total. The van der Waals surface area contributed by atoms with E-state index in [0.717, 1.165) is 11.2 Å². The highest BCUT2D eigenvalue weighted by atomic mass is 32.2. The van der Waals surface area contributed by atoms with Gasteiger partial charge in [0.2, 0.25) is 0 Å². The van der Waals surface area contributed by atoms with E-state index in [4.69, 9.17) is 0 Å². The molecule has 1 aromatic rings. The lowest BCUT2D eigenvalue weighted by molar-refractivity contribution is 0.0954. The van der Waals surface area contributed by atoms with Gasteiger partial charge in [0.15, 0.2) is 9.84 Å². The van der Waals surface area contributed by atoms with Gasteiger partial charge in [0.1, 0.15) is 0 Å². The van der Waals surface area contributed by atoms with Gasteiger partial charge < -0.3 is 5.32 Å². The number of carbonyl (C=O) groups excluding carboxylic acids is 1. The molecule has 7 heteroatoms. The van der Waals surface area contributed by atoms with E-state index in [2.05, 4.69) is 17.9 Å². The minimum absolute atomic E-state index is 0.0878. The molecule has 1 rings (SSSR count). The Morgan fingerprint density at radius 3 is 2.53 bits per heavy atom. The summed E-state index contributed by atoms with van der Waals surface area (Å²) >= 11 is 5.38. The van der Waals surface area contributed by atoms with Crippen LogP contribution in [0.2, 0.25) is 0 Å². The van der Waals surface area contributed by atoms with Crippen molar-refractivity contribution < 1.29 is 13.2 Å². The van der Waals surface area contributed by atoms with Gasteiger partial charge in [-0.1, -0.05) is 0 Å². The van der Waals surface area contributed by atoms with Crippen molar-refractivity contribution >= 4 is 39.7 Å². The minimum atomic E-state index is -3.20. The number of thiol groups is 1. The fraction of sp³-hybridized carbons (Fsp3) is 0.500. The van der Waals surface area contributed by atoms with Crippen LogP contribution in [-0.2, 0) is 9.84 Å². The molecule has 0 radical (unpaired) electrons. The van der Waals surface area contributed by atoms with Gasteiger partial charge in [-0.15, -0.1) is 24.0 Å². The summed E-state index contributed by atoms with van der Waals surface area (Å²) in [5.74, 6) is -0.271. The second-order valence-electron chi connectivity index (χ2n) is 4.38. The Bertz CT molecular complexity index is 517. The van der Waals surface area contributed by atoms with E-state index in [9.17, 15) is 13.2 Å². The van der Waals surface area contributed by atoms with E-state index < -0.39 is 14.6 Å². The first-order valence-corrected chi connectivity index (χ1v) is 8.10. The molecule has 1 aromatic heterocycles. The van der Waals surface area contributed by atoms with Crippen LogP contribution in [0.15, 0.2) is 16.3 Å². The van der Waals surface area contributed by atoms with Crippen molar-refractivity contribution in [3.05, 3.63) is 16.3 Å². The number of amides is 1. The van der Waals surface area contributed by atoms with Crippen LogP contribution in [0.1, 0.15) is 23.5 Å². The highest BCUT2D eigenvalue weighted by Gasteiger charge is 2.30. The molecule has 0 spiro atoms. The standard InChI is InChI=1S/C10H15NO3S3/c1-10(2,17(3,13)14)6-11-9(12)8-4-7(15)5-16-8/h4-5,15H,6H2,1-3H3,(H,11,12). The van der Waals surface area contributed by atoms with E-state index in [-0.39, 0.29) is 12.5 Å². The summed E-state index contributed by atoms with van der Waals surface area (Å²) in [5.41, 5.74) is 0. The van der Waals surface area contributed by atoms with Crippen LogP contribution < -0.4 is 5.32 Å². The summed E-state index contributed by atoms with van der Waals surface area (Å²) in [6.07, 6.45) is 1.16. The lowest BCUT2D eigenvalue weighted by Gasteiger charge is -2.22. The van der Waals surface area contributed by atoms with Crippen LogP contribution in [0.4, 0.5) is 0 Å². The van der Waals surface area contributed by atoms with E-state index in [1.54, 1.807) is 25.3 Å². The highest BCUT2D eigenvalue weighted by Crippen LogP contribution is 2.18. The number of hydrogen-bond donors (Lipinski definition) is 2. The van der Waals surface area contributed by atoms with Gasteiger partial charge in [-0.05, 0) is 19.9 Å². The van der Waals surface area contributed by atoms with Gasteiger partial charge in [0.05, 0.1) is 9.62 Å². The Morgan fingerprint density at radius 1 is 1.53 bits per heavy atom. The lowest BCUT2D eigenvalue weighted by atomic mass is 10.2. The predicted molar refractivity (Wildman–Crippen MR) is 72.8 cm³/mol. The summed E-state index contributed by atoms with van der Waals surface area (Å²) in [6, 6.07) is 1.65. The Morgan fingerprint density at radius 2 is 2.12 bits per heavy atom. The van der Waals surface area contributed by atoms with E-state index >= 15 is 0 Å². The molecule has 0 atom stereocenters. The number of hydrogen-bond acceptors (Lipinski definition) is 5. The molecule has 0 saturated carbocycles. The van der Waals surface area contributed by atoms with Crippen molar-refractivity contribution in [3.8, 4) is 0 Å². The largest absolute Gasteiger partial charge is 0.350 e. The van der Waals surface area contributed by atoms with Crippen molar-refractivity contribution in [2.45, 2.75) is 23.5 Å². The summed E-state index contributed by atoms with van der Waals surface area (Å²) < 4.78 is 21.9. The van der Waals surface area contributed by atoms with E-state index in [0.29, 0.717) is 4.88 Å². The summed E-state index contributed by atoms with van der Waals surface area (Å²) in [5, 5.41) is 4.37. The molecule has 0 unspecified atom stereocenters. The topological polar surface area (TPSA) is 63.2 Å². The fourth-order valence-electron chi connectivity index (χ4n) is 0.957. The average Bonchev–Trinajstić information content (AvgIpc) is 2.59. The van der Waals surface area contributed by atoms with Gasteiger partial charge in [-0.3, -0.25) is 4.79 Å². The van der Waals surface area contributed by atoms with Crippen LogP contribution in [0.5, 0.6) is 0 Å². The monoisotopic (exact) mass is 293 g/mol. The van der Waals surface area contributed by atoms with Gasteiger partial charge >= 0.3 is 0 Å². The third-order valence-corrected chi connectivity index (χ3v) is 6.00. The number of thiophene rings is 1. The van der Waals surface area contributed by atoms with E-state index in [1.165, 1.54) is 11.3 Å². The molecule has 0 aliphatic heterocycles. The predicted octanol–water partition coefficient (Wildman–Crippen LogP) is 1.59. The molecule has 0 aliphatic carbocycles. The Hall–Kier alpha value is -0.530. The van der Waals surface area contributed by atoms with Crippen molar-refractivity contribution in [2.24, 2.45) is 0 Å². The molecule has 17 heavy (non-hydrogen) atoms. The van der Waals surface area contributed by atoms with Crippen LogP contribution in [0.3, 0.4) is 0 Å². The SMILES string of the molecule is CC(C)(CNC(=O)c1cc(S)cs1)S(C)(=O)=O. The van der Waals surface area contributed by atoms with Gasteiger partial charge in [0, 0.05) is 23.1 Å². The normalized spacial score (nSPS) is 12.5. The number of nitrogens with one attached hydrogen (secondary N) is 1. The van der Waals surface area contributed by atoms with Crippen molar-refractivity contribution in [2.75, 3.05) is 12.8 Å². The number of rotatable bonds is 4. The molecule has 1 amide bonds. The average molecular weight is 293 g/mol. The zero-order valence-electron chi connectivity index (χ0n) is 9.85. The Labute approximate surface area is 111 Å². The van der Waals surface area contributed by atoms with Crippen molar-refractivity contribution in [3.63, 3.8) is 0 Å². The van der Waals surface area contributed by atoms with Crippen molar-refractivity contribution in [1.82, 2.24) is 5.32 Å². The highest BCUT2D eigenvalue weighted by molar-refractivity contribution is 7.92. The van der Waals surface area contributed by atoms with Crippen LogP contribution in [0.25, 0.3) is 0 Å². The third-order valence-electron chi connectivity index (χ3n) is 2.49. The zero-order valence-corrected chi connectivity index (χ0v) is 12.4. The summed E-state index contributed by atoms with van der Waals surface area (Å²) in [6.45, 7) is 3.26. The summed E-state index contributed by atoms with van der Waals surface area (Å²) in [7, 11) is -3.20. The minimum Gasteiger partial charge on any atom is -0.350 e. The van der Waals surface area contributed by atoms with Gasteiger partial charge in [0.25, 0.3) is 5.91 Å². The first kappa shape index (κ1) is 14.5. The maximum Gasteiger partial charge on any atom is 0.261 e. The molecular weight excluding hydrogens is 278 g/mol. The molecule has 0 aliphatic rings.